The van der Waals surface area contributed by atoms with Crippen molar-refractivity contribution < 1.29 is 9.53 Å². The van der Waals surface area contributed by atoms with Crippen molar-refractivity contribution >= 4 is 5.78 Å². The highest BCUT2D eigenvalue weighted by molar-refractivity contribution is 5.99. The van der Waals surface area contributed by atoms with E-state index < -0.39 is 0 Å². The van der Waals surface area contributed by atoms with E-state index in [1.165, 1.54) is 12.8 Å². The summed E-state index contributed by atoms with van der Waals surface area (Å²) >= 11 is 0. The van der Waals surface area contributed by atoms with Crippen LogP contribution in [0.4, 0.5) is 0 Å². The number of ether oxygens (including phenoxy) is 1. The minimum absolute atomic E-state index is 0.173. The van der Waals surface area contributed by atoms with Crippen molar-refractivity contribution in [1.82, 2.24) is 5.32 Å². The summed E-state index contributed by atoms with van der Waals surface area (Å²) in [6, 6.07) is 7.79. The average Bonchev–Trinajstić information content (AvgIpc) is 2.47. The Balaban J connectivity index is 2.00. The molecule has 104 valence electrons. The molecule has 3 nitrogen and oxygen atoms in total. The lowest BCUT2D eigenvalue weighted by atomic mass is 9.87. The fraction of sp³-hybridized carbons (Fsp3) is 0.562. The van der Waals surface area contributed by atoms with Crippen molar-refractivity contribution in [1.29, 1.82) is 0 Å². The van der Waals surface area contributed by atoms with Crippen LogP contribution in [-0.2, 0) is 0 Å². The van der Waals surface area contributed by atoms with Crippen LogP contribution in [0.5, 0.6) is 5.75 Å². The van der Waals surface area contributed by atoms with Gasteiger partial charge in [-0.2, -0.15) is 0 Å². The van der Waals surface area contributed by atoms with E-state index in [1.54, 1.807) is 7.11 Å². The van der Waals surface area contributed by atoms with Crippen LogP contribution < -0.4 is 10.1 Å². The van der Waals surface area contributed by atoms with Crippen molar-refractivity contribution in [2.24, 2.45) is 5.92 Å². The molecule has 1 aromatic carbocycles. The third kappa shape index (κ3) is 3.57. The Bertz CT molecular complexity index is 431. The summed E-state index contributed by atoms with van der Waals surface area (Å²) in [5.41, 5.74) is 0.699. The molecule has 1 aromatic rings. The van der Waals surface area contributed by atoms with E-state index >= 15 is 0 Å². The highest BCUT2D eigenvalue weighted by atomic mass is 16.5. The van der Waals surface area contributed by atoms with E-state index in [2.05, 4.69) is 12.2 Å². The second-order valence-electron chi connectivity index (χ2n) is 5.28. The maximum absolute atomic E-state index is 12.4. The van der Waals surface area contributed by atoms with Gasteiger partial charge in [0.05, 0.1) is 12.7 Å². The van der Waals surface area contributed by atoms with Gasteiger partial charge in [-0.3, -0.25) is 4.79 Å². The zero-order chi connectivity index (χ0) is 13.7. The number of rotatable bonds is 5. The first-order valence-electron chi connectivity index (χ1n) is 7.14. The monoisotopic (exact) mass is 261 g/mol. The molecule has 0 saturated carbocycles. The molecule has 1 aliphatic rings. The Labute approximate surface area is 115 Å². The summed E-state index contributed by atoms with van der Waals surface area (Å²) in [6.45, 7) is 3.26. The summed E-state index contributed by atoms with van der Waals surface area (Å²) in [4.78, 5) is 12.4. The van der Waals surface area contributed by atoms with Gasteiger partial charge < -0.3 is 10.1 Å². The maximum Gasteiger partial charge on any atom is 0.168 e. The third-order valence-electron chi connectivity index (χ3n) is 4.02. The number of methoxy groups -OCH3 is 1. The van der Waals surface area contributed by atoms with E-state index in [-0.39, 0.29) is 5.78 Å². The molecule has 1 saturated heterocycles. The molecule has 3 heteroatoms. The number of nitrogens with one attached hydrogen (secondary N) is 1. The van der Waals surface area contributed by atoms with E-state index in [4.69, 9.17) is 4.74 Å². The summed E-state index contributed by atoms with van der Waals surface area (Å²) in [6.07, 6.45) is 4.12. The molecular weight excluding hydrogens is 238 g/mol. The molecule has 1 heterocycles. The van der Waals surface area contributed by atoms with Crippen molar-refractivity contribution in [2.45, 2.75) is 38.6 Å². The number of Topliss-reactive ketones (excluding diaryl/α,β-unsaturated/α-hetero) is 1. The molecule has 19 heavy (non-hydrogen) atoms. The summed E-state index contributed by atoms with van der Waals surface area (Å²) in [5, 5.41) is 3.46. The lowest BCUT2D eigenvalue weighted by molar-refractivity contribution is 0.0954. The van der Waals surface area contributed by atoms with Crippen LogP contribution in [0.2, 0.25) is 0 Å². The van der Waals surface area contributed by atoms with Gasteiger partial charge in [-0.1, -0.05) is 25.5 Å². The van der Waals surface area contributed by atoms with Gasteiger partial charge in [-0.15, -0.1) is 0 Å². The number of hydrogen-bond donors (Lipinski definition) is 1. The minimum atomic E-state index is 0.173. The second-order valence-corrected chi connectivity index (χ2v) is 5.28. The molecule has 0 aromatic heterocycles. The molecule has 1 fully saturated rings. The van der Waals surface area contributed by atoms with Crippen LogP contribution in [0.25, 0.3) is 0 Å². The Morgan fingerprint density at radius 3 is 2.95 bits per heavy atom. The van der Waals surface area contributed by atoms with E-state index in [0.717, 1.165) is 18.9 Å². The first-order chi connectivity index (χ1) is 9.24. The van der Waals surface area contributed by atoms with Gasteiger partial charge in [0.15, 0.2) is 5.78 Å². The molecule has 0 radical (unpaired) electrons. The third-order valence-corrected chi connectivity index (χ3v) is 4.02. The standard InChI is InChI=1S/C16H23NO2/c1-3-12-8-9-17-13(10-12)11-15(18)14-6-4-5-7-16(14)19-2/h4-7,12-13,17H,3,8-11H2,1-2H3. The Hall–Kier alpha value is -1.35. The van der Waals surface area contributed by atoms with Crippen LogP contribution in [0.15, 0.2) is 24.3 Å². The van der Waals surface area contributed by atoms with Crippen LogP contribution in [0.1, 0.15) is 43.0 Å². The average molecular weight is 261 g/mol. The molecule has 2 unspecified atom stereocenters. The van der Waals surface area contributed by atoms with Crippen LogP contribution >= 0.6 is 0 Å². The van der Waals surface area contributed by atoms with Crippen LogP contribution in [0.3, 0.4) is 0 Å². The zero-order valence-corrected chi connectivity index (χ0v) is 11.8. The SMILES string of the molecule is CCC1CCNC(CC(=O)c2ccccc2OC)C1. The molecule has 1 N–H and O–H groups in total. The van der Waals surface area contributed by atoms with Gasteiger partial charge in [0.25, 0.3) is 0 Å². The number of hydrogen-bond acceptors (Lipinski definition) is 3. The summed E-state index contributed by atoms with van der Waals surface area (Å²) in [7, 11) is 1.61. The van der Waals surface area contributed by atoms with Gasteiger partial charge >= 0.3 is 0 Å². The smallest absolute Gasteiger partial charge is 0.168 e. The first kappa shape index (κ1) is 14.1. The Morgan fingerprint density at radius 1 is 1.42 bits per heavy atom. The topological polar surface area (TPSA) is 38.3 Å². The van der Waals surface area contributed by atoms with Gasteiger partial charge in [0, 0.05) is 12.5 Å². The quantitative estimate of drug-likeness (QED) is 0.828. The molecule has 1 aliphatic heterocycles. The molecular formula is C16H23NO2. The highest BCUT2D eigenvalue weighted by Gasteiger charge is 2.23. The molecule has 2 atom stereocenters. The molecule has 0 aliphatic carbocycles. The van der Waals surface area contributed by atoms with Crippen molar-refractivity contribution in [2.75, 3.05) is 13.7 Å². The van der Waals surface area contributed by atoms with Crippen molar-refractivity contribution in [3.8, 4) is 5.75 Å². The number of piperidine rings is 1. The van der Waals surface area contributed by atoms with Gasteiger partial charge in [0.1, 0.15) is 5.75 Å². The number of carbonyl (C=O) groups is 1. The van der Waals surface area contributed by atoms with E-state index in [1.807, 2.05) is 24.3 Å². The number of carbonyl (C=O) groups excluding carboxylic acids is 1. The number of para-hydroxylation sites is 1. The van der Waals surface area contributed by atoms with Crippen molar-refractivity contribution in [3.05, 3.63) is 29.8 Å². The highest BCUT2D eigenvalue weighted by Crippen LogP contribution is 2.24. The fourth-order valence-corrected chi connectivity index (χ4v) is 2.83. The largest absolute Gasteiger partial charge is 0.496 e. The maximum atomic E-state index is 12.4. The molecule has 0 bridgehead atoms. The lowest BCUT2D eigenvalue weighted by Crippen LogP contribution is -2.39. The Kier molecular flexibility index (Phi) is 4.97. The van der Waals surface area contributed by atoms with E-state index in [0.29, 0.717) is 23.8 Å². The Morgan fingerprint density at radius 2 is 2.21 bits per heavy atom. The summed E-state index contributed by atoms with van der Waals surface area (Å²) in [5.74, 6) is 1.61. The van der Waals surface area contributed by atoms with Gasteiger partial charge in [-0.05, 0) is 37.4 Å². The van der Waals surface area contributed by atoms with Crippen molar-refractivity contribution in [3.63, 3.8) is 0 Å². The van der Waals surface area contributed by atoms with E-state index in [9.17, 15) is 4.79 Å². The predicted molar refractivity (Wildman–Crippen MR) is 76.7 cm³/mol. The van der Waals surface area contributed by atoms with Gasteiger partial charge in [-0.25, -0.2) is 0 Å². The predicted octanol–water partition coefficient (Wildman–Crippen LogP) is 3.05. The fourth-order valence-electron chi connectivity index (χ4n) is 2.83. The first-order valence-corrected chi connectivity index (χ1v) is 7.14. The number of benzene rings is 1. The summed E-state index contributed by atoms with van der Waals surface area (Å²) < 4.78 is 5.26. The molecule has 0 amide bonds. The zero-order valence-electron chi connectivity index (χ0n) is 11.8. The molecule has 0 spiro atoms. The normalized spacial score (nSPS) is 23.1. The minimum Gasteiger partial charge on any atom is -0.496 e. The second kappa shape index (κ2) is 6.71. The lowest BCUT2D eigenvalue weighted by Gasteiger charge is -2.29. The van der Waals surface area contributed by atoms with Crippen LogP contribution in [-0.4, -0.2) is 25.5 Å². The van der Waals surface area contributed by atoms with Gasteiger partial charge in [0.2, 0.25) is 0 Å². The number of ketones is 1. The molecule has 2 rings (SSSR count). The van der Waals surface area contributed by atoms with Crippen LogP contribution in [0, 0.1) is 5.92 Å².